The van der Waals surface area contributed by atoms with E-state index in [9.17, 15) is 9.90 Å². The van der Waals surface area contributed by atoms with Gasteiger partial charge in [0.15, 0.2) is 0 Å². The number of aromatic amines is 1. The zero-order valence-electron chi connectivity index (χ0n) is 15.5. The number of aliphatic hydroxyl groups is 1. The zero-order valence-corrected chi connectivity index (χ0v) is 15.5. The minimum absolute atomic E-state index is 0.107. The monoisotopic (exact) mass is 344 g/mol. The summed E-state index contributed by atoms with van der Waals surface area (Å²) in [6, 6.07) is 8.25. The van der Waals surface area contributed by atoms with Crippen LogP contribution in [0.3, 0.4) is 0 Å². The van der Waals surface area contributed by atoms with Crippen molar-refractivity contribution in [3.05, 3.63) is 35.5 Å². The first kappa shape index (κ1) is 18.0. The van der Waals surface area contributed by atoms with Crippen LogP contribution in [0.25, 0.3) is 10.9 Å². The van der Waals surface area contributed by atoms with E-state index in [0.717, 1.165) is 30.5 Å². The first-order chi connectivity index (χ1) is 11.8. The van der Waals surface area contributed by atoms with Crippen molar-refractivity contribution in [3.63, 3.8) is 0 Å². The molecular formula is C20H28N2O3. The number of nitrogens with zero attached hydrogens (tertiary/aromatic N) is 1. The van der Waals surface area contributed by atoms with E-state index in [-0.39, 0.29) is 11.9 Å². The Hall–Kier alpha value is -1.85. The van der Waals surface area contributed by atoms with Crippen LogP contribution in [0.5, 0.6) is 0 Å². The Balaban J connectivity index is 1.90. The average Bonchev–Trinajstić information content (AvgIpc) is 2.92. The minimum Gasteiger partial charge on any atom is -0.384 e. The largest absolute Gasteiger partial charge is 0.384 e. The van der Waals surface area contributed by atoms with Crippen LogP contribution in [-0.4, -0.2) is 34.7 Å². The maximum atomic E-state index is 11.4. The van der Waals surface area contributed by atoms with E-state index in [1.54, 1.807) is 12.1 Å². The van der Waals surface area contributed by atoms with Gasteiger partial charge in [-0.15, -0.1) is 5.06 Å². The molecule has 1 aromatic heterocycles. The van der Waals surface area contributed by atoms with E-state index in [2.05, 4.69) is 24.0 Å². The molecule has 0 spiro atoms. The molecule has 1 aliphatic rings. The molecule has 1 heterocycles. The first-order valence-electron chi connectivity index (χ1n) is 9.06. The van der Waals surface area contributed by atoms with Crippen LogP contribution in [0, 0.1) is 11.8 Å². The number of hydroxylamine groups is 2. The van der Waals surface area contributed by atoms with Crippen molar-refractivity contribution >= 4 is 16.9 Å². The predicted octanol–water partition coefficient (Wildman–Crippen LogP) is 3.37. The zero-order chi connectivity index (χ0) is 18.2. The van der Waals surface area contributed by atoms with Crippen LogP contribution in [0.1, 0.15) is 44.9 Å². The molecule has 136 valence electrons. The summed E-state index contributed by atoms with van der Waals surface area (Å²) in [6.07, 6.45) is 2.75. The van der Waals surface area contributed by atoms with Crippen molar-refractivity contribution in [1.82, 2.24) is 10.0 Å². The lowest BCUT2D eigenvalue weighted by molar-refractivity contribution is -0.183. The van der Waals surface area contributed by atoms with E-state index >= 15 is 0 Å². The number of benzene rings is 1. The fourth-order valence-corrected chi connectivity index (χ4v) is 4.42. The molecule has 0 aliphatic heterocycles. The van der Waals surface area contributed by atoms with Crippen LogP contribution in [-0.2, 0) is 21.7 Å². The van der Waals surface area contributed by atoms with E-state index in [0.29, 0.717) is 12.5 Å². The van der Waals surface area contributed by atoms with Gasteiger partial charge in [-0.3, -0.25) is 4.79 Å². The van der Waals surface area contributed by atoms with Crippen molar-refractivity contribution in [2.75, 3.05) is 13.6 Å². The molecule has 3 atom stereocenters. The van der Waals surface area contributed by atoms with Gasteiger partial charge >= 0.3 is 5.97 Å². The molecule has 0 fully saturated rings. The number of carbonyl (C=O) groups is 1. The van der Waals surface area contributed by atoms with Crippen molar-refractivity contribution in [2.45, 2.75) is 45.6 Å². The van der Waals surface area contributed by atoms with Crippen molar-refractivity contribution in [1.29, 1.82) is 0 Å². The molecule has 1 aliphatic carbocycles. The lowest BCUT2D eigenvalue weighted by Crippen LogP contribution is -2.43. The number of H-pyrrole nitrogens is 1. The molecule has 5 heteroatoms. The molecule has 25 heavy (non-hydrogen) atoms. The van der Waals surface area contributed by atoms with Gasteiger partial charge < -0.3 is 14.9 Å². The number of carbonyl (C=O) groups excluding carboxylic acids is 1. The Morgan fingerprint density at radius 3 is 2.84 bits per heavy atom. The summed E-state index contributed by atoms with van der Waals surface area (Å²) in [5.41, 5.74) is 2.35. The Morgan fingerprint density at radius 2 is 2.16 bits per heavy atom. The molecule has 3 rings (SSSR count). The number of aromatic nitrogens is 1. The molecule has 0 amide bonds. The number of nitrogens with one attached hydrogen (secondary N) is 1. The fourth-order valence-electron chi connectivity index (χ4n) is 4.42. The van der Waals surface area contributed by atoms with Crippen LogP contribution >= 0.6 is 0 Å². The number of hydrogen-bond donors (Lipinski definition) is 2. The van der Waals surface area contributed by atoms with Gasteiger partial charge in [0.2, 0.25) is 0 Å². The first-order valence-corrected chi connectivity index (χ1v) is 9.06. The lowest BCUT2D eigenvalue weighted by atomic mass is 9.66. The molecule has 1 unspecified atom stereocenters. The second-order valence-electron chi connectivity index (χ2n) is 7.37. The van der Waals surface area contributed by atoms with E-state index in [1.165, 1.54) is 17.9 Å². The van der Waals surface area contributed by atoms with Crippen LogP contribution in [0.2, 0.25) is 0 Å². The molecule has 1 aromatic carbocycles. The summed E-state index contributed by atoms with van der Waals surface area (Å²) in [4.78, 5) is 19.7. The van der Waals surface area contributed by atoms with Crippen molar-refractivity contribution < 1.29 is 14.7 Å². The highest BCUT2D eigenvalue weighted by Gasteiger charge is 2.45. The lowest BCUT2D eigenvalue weighted by Gasteiger charge is -2.43. The topological polar surface area (TPSA) is 65.6 Å². The normalized spacial score (nSPS) is 26.0. The molecule has 0 bridgehead atoms. The van der Waals surface area contributed by atoms with Crippen LogP contribution < -0.4 is 0 Å². The summed E-state index contributed by atoms with van der Waals surface area (Å²) in [6.45, 7) is 6.11. The third kappa shape index (κ3) is 3.31. The maximum Gasteiger partial charge on any atom is 0.322 e. The minimum atomic E-state index is -0.926. The summed E-state index contributed by atoms with van der Waals surface area (Å²) >= 11 is 0. The van der Waals surface area contributed by atoms with Crippen molar-refractivity contribution in [2.24, 2.45) is 11.8 Å². The number of hydrogen-bond acceptors (Lipinski definition) is 4. The van der Waals surface area contributed by atoms with Gasteiger partial charge in [-0.05, 0) is 43.2 Å². The smallest absolute Gasteiger partial charge is 0.322 e. The fraction of sp³-hybridized carbons (Fsp3) is 0.550. The molecule has 2 N–H and O–H groups in total. The van der Waals surface area contributed by atoms with Gasteiger partial charge in [0, 0.05) is 31.4 Å². The van der Waals surface area contributed by atoms with Gasteiger partial charge in [0.05, 0.1) is 5.69 Å². The number of para-hydroxylation sites is 1. The third-order valence-electron chi connectivity index (χ3n) is 5.64. The molecular weight excluding hydrogens is 316 g/mol. The highest BCUT2D eigenvalue weighted by Crippen LogP contribution is 2.47. The third-order valence-corrected chi connectivity index (χ3v) is 5.64. The van der Waals surface area contributed by atoms with Gasteiger partial charge in [0.25, 0.3) is 0 Å². The second-order valence-corrected chi connectivity index (χ2v) is 7.37. The van der Waals surface area contributed by atoms with E-state index < -0.39 is 5.60 Å². The quantitative estimate of drug-likeness (QED) is 0.816. The van der Waals surface area contributed by atoms with Crippen molar-refractivity contribution in [3.8, 4) is 0 Å². The van der Waals surface area contributed by atoms with Gasteiger partial charge in [-0.2, -0.15) is 0 Å². The number of rotatable bonds is 5. The van der Waals surface area contributed by atoms with Gasteiger partial charge in [-0.25, -0.2) is 0 Å². The van der Waals surface area contributed by atoms with Crippen LogP contribution in [0.4, 0.5) is 0 Å². The average molecular weight is 344 g/mol. The van der Waals surface area contributed by atoms with E-state index in [4.69, 9.17) is 4.84 Å². The Labute approximate surface area is 148 Å². The predicted molar refractivity (Wildman–Crippen MR) is 97.9 cm³/mol. The Morgan fingerprint density at radius 1 is 1.44 bits per heavy atom. The molecule has 0 saturated heterocycles. The standard InChI is InChI=1S/C20H28N2O3/c1-5-14-12-16-15-8-6-7-9-18(15)21-19(16)20(3,24)17(14)10-11-22(4)25-13(2)23/h6-9,14,17,21,24H,5,10-12H2,1-4H3/t14-,17+,20?/m1/s1. The number of fused-ring (bicyclic) bond motifs is 3. The van der Waals surface area contributed by atoms with Gasteiger partial charge in [-0.1, -0.05) is 31.5 Å². The van der Waals surface area contributed by atoms with Crippen LogP contribution in [0.15, 0.2) is 24.3 Å². The highest BCUT2D eigenvalue weighted by atomic mass is 16.7. The molecule has 2 aromatic rings. The molecule has 0 radical (unpaired) electrons. The second kappa shape index (κ2) is 6.81. The summed E-state index contributed by atoms with van der Waals surface area (Å²) in [7, 11) is 1.76. The Bertz CT molecular complexity index is 765. The Kier molecular flexibility index (Phi) is 4.89. The van der Waals surface area contributed by atoms with Gasteiger partial charge in [0.1, 0.15) is 5.60 Å². The summed E-state index contributed by atoms with van der Waals surface area (Å²) < 4.78 is 0. The van der Waals surface area contributed by atoms with E-state index in [1.807, 2.05) is 19.1 Å². The summed E-state index contributed by atoms with van der Waals surface area (Å²) in [5, 5.41) is 14.2. The molecule has 5 nitrogen and oxygen atoms in total. The molecule has 0 saturated carbocycles. The maximum absolute atomic E-state index is 11.4. The highest BCUT2D eigenvalue weighted by molar-refractivity contribution is 5.85. The SMILES string of the molecule is CC[C@@H]1Cc2c([nH]c3ccccc23)C(C)(O)[C@H]1CCN(C)OC(C)=O. The summed E-state index contributed by atoms with van der Waals surface area (Å²) in [5.74, 6) is 0.186.